The predicted octanol–water partition coefficient (Wildman–Crippen LogP) is 2.29. The van der Waals surface area contributed by atoms with Crippen molar-refractivity contribution in [2.45, 2.75) is 39.5 Å². The Morgan fingerprint density at radius 2 is 2.08 bits per heavy atom. The van der Waals surface area contributed by atoms with Gasteiger partial charge in [-0.15, -0.1) is 0 Å². The summed E-state index contributed by atoms with van der Waals surface area (Å²) >= 11 is 0. The quantitative estimate of drug-likeness (QED) is 0.655. The van der Waals surface area contributed by atoms with Gasteiger partial charge in [0.25, 0.3) is 0 Å². The molecule has 0 atom stereocenters. The second-order valence-electron chi connectivity index (χ2n) is 4.57. The summed E-state index contributed by atoms with van der Waals surface area (Å²) in [5, 5.41) is 0. The van der Waals surface area contributed by atoms with Crippen molar-refractivity contribution in [3.05, 3.63) is 0 Å². The van der Waals surface area contributed by atoms with Crippen molar-refractivity contribution in [3.63, 3.8) is 0 Å². The lowest BCUT2D eigenvalue weighted by molar-refractivity contribution is -0.136. The van der Waals surface area contributed by atoms with Crippen molar-refractivity contribution >= 4 is 5.91 Å². The Morgan fingerprint density at radius 3 is 2.46 bits per heavy atom. The van der Waals surface area contributed by atoms with Crippen LogP contribution >= 0.6 is 0 Å². The second kappa shape index (κ2) is 4.64. The molecule has 1 aliphatic rings. The summed E-state index contributed by atoms with van der Waals surface area (Å²) in [6, 6.07) is 0. The molecule has 1 fully saturated rings. The van der Waals surface area contributed by atoms with Gasteiger partial charge in [-0.2, -0.15) is 0 Å². The van der Waals surface area contributed by atoms with E-state index in [1.807, 2.05) is 11.9 Å². The van der Waals surface area contributed by atoms with Gasteiger partial charge in [-0.05, 0) is 25.2 Å². The summed E-state index contributed by atoms with van der Waals surface area (Å²) in [7, 11) is 1.93. The fourth-order valence-electron chi connectivity index (χ4n) is 1.53. The van der Waals surface area contributed by atoms with E-state index in [0.29, 0.717) is 17.7 Å². The second-order valence-corrected chi connectivity index (χ2v) is 4.57. The molecule has 0 aliphatic heterocycles. The van der Waals surface area contributed by atoms with Gasteiger partial charge in [0.15, 0.2) is 0 Å². The van der Waals surface area contributed by atoms with E-state index in [9.17, 15) is 4.79 Å². The summed E-state index contributed by atoms with van der Waals surface area (Å²) in [6.07, 6.45) is 4.60. The Kier molecular flexibility index (Phi) is 3.76. The molecule has 76 valence electrons. The van der Waals surface area contributed by atoms with Crippen LogP contribution in [0.1, 0.15) is 39.5 Å². The SMILES string of the molecule is CC(C)CCN(C)C(=O)C1CCC1. The zero-order valence-corrected chi connectivity index (χ0v) is 9.05. The van der Waals surface area contributed by atoms with Crippen LogP contribution in [0.15, 0.2) is 0 Å². The van der Waals surface area contributed by atoms with Crippen LogP contribution in [0, 0.1) is 11.8 Å². The zero-order valence-electron chi connectivity index (χ0n) is 9.05. The summed E-state index contributed by atoms with van der Waals surface area (Å²) in [4.78, 5) is 13.6. The largest absolute Gasteiger partial charge is 0.346 e. The molecule has 0 N–H and O–H groups in total. The van der Waals surface area contributed by atoms with Gasteiger partial charge in [-0.25, -0.2) is 0 Å². The van der Waals surface area contributed by atoms with Gasteiger partial charge in [0, 0.05) is 19.5 Å². The predicted molar refractivity (Wildman–Crippen MR) is 54.4 cm³/mol. The van der Waals surface area contributed by atoms with E-state index < -0.39 is 0 Å². The minimum atomic E-state index is 0.358. The summed E-state index contributed by atoms with van der Waals surface area (Å²) in [5.74, 6) is 1.42. The number of nitrogens with zero attached hydrogens (tertiary/aromatic N) is 1. The van der Waals surface area contributed by atoms with Crippen LogP contribution < -0.4 is 0 Å². The smallest absolute Gasteiger partial charge is 0.225 e. The minimum absolute atomic E-state index is 0.358. The van der Waals surface area contributed by atoms with E-state index in [0.717, 1.165) is 25.8 Å². The lowest BCUT2D eigenvalue weighted by atomic mass is 9.84. The molecule has 1 rings (SSSR count). The number of carbonyl (C=O) groups excluding carboxylic acids is 1. The number of hydrogen-bond donors (Lipinski definition) is 0. The molecule has 0 saturated heterocycles. The molecule has 2 heteroatoms. The normalized spacial score (nSPS) is 17.2. The molecule has 0 radical (unpaired) electrons. The van der Waals surface area contributed by atoms with Gasteiger partial charge in [0.2, 0.25) is 5.91 Å². The molecule has 0 aromatic rings. The summed E-state index contributed by atoms with van der Waals surface area (Å²) in [5.41, 5.74) is 0. The van der Waals surface area contributed by atoms with Crippen molar-refractivity contribution in [1.82, 2.24) is 4.90 Å². The highest BCUT2D eigenvalue weighted by Crippen LogP contribution is 2.27. The van der Waals surface area contributed by atoms with E-state index in [1.165, 1.54) is 6.42 Å². The third-order valence-electron chi connectivity index (χ3n) is 2.87. The van der Waals surface area contributed by atoms with Gasteiger partial charge in [-0.3, -0.25) is 4.79 Å². The fraction of sp³-hybridized carbons (Fsp3) is 0.909. The Hall–Kier alpha value is -0.530. The van der Waals surface area contributed by atoms with Gasteiger partial charge >= 0.3 is 0 Å². The number of carbonyl (C=O) groups is 1. The zero-order chi connectivity index (χ0) is 9.84. The van der Waals surface area contributed by atoms with Crippen LogP contribution in [0.2, 0.25) is 0 Å². The summed E-state index contributed by atoms with van der Waals surface area (Å²) in [6.45, 7) is 5.32. The maximum atomic E-state index is 11.7. The molecule has 0 aromatic heterocycles. The molecule has 1 aliphatic carbocycles. The lowest BCUT2D eigenvalue weighted by Gasteiger charge is -2.29. The maximum absolute atomic E-state index is 11.7. The molecule has 0 unspecified atom stereocenters. The minimum Gasteiger partial charge on any atom is -0.346 e. The molecule has 0 bridgehead atoms. The number of rotatable bonds is 4. The fourth-order valence-corrected chi connectivity index (χ4v) is 1.53. The van der Waals surface area contributed by atoms with Crippen molar-refractivity contribution < 1.29 is 4.79 Å². The van der Waals surface area contributed by atoms with Crippen molar-refractivity contribution in [3.8, 4) is 0 Å². The molecule has 1 amide bonds. The van der Waals surface area contributed by atoms with Crippen molar-refractivity contribution in [2.75, 3.05) is 13.6 Å². The molecule has 0 aromatic carbocycles. The van der Waals surface area contributed by atoms with Crippen LogP contribution in [0.5, 0.6) is 0 Å². The number of hydrogen-bond acceptors (Lipinski definition) is 1. The Balaban J connectivity index is 2.21. The van der Waals surface area contributed by atoms with Gasteiger partial charge in [-0.1, -0.05) is 20.3 Å². The van der Waals surface area contributed by atoms with Crippen molar-refractivity contribution in [2.24, 2.45) is 11.8 Å². The number of amides is 1. The first-order valence-electron chi connectivity index (χ1n) is 5.36. The molecular formula is C11H21NO. The first kappa shape index (κ1) is 10.6. The summed E-state index contributed by atoms with van der Waals surface area (Å²) < 4.78 is 0. The Labute approximate surface area is 81.3 Å². The van der Waals surface area contributed by atoms with Crippen LogP contribution in [-0.4, -0.2) is 24.4 Å². The van der Waals surface area contributed by atoms with Crippen LogP contribution in [0.4, 0.5) is 0 Å². The third kappa shape index (κ3) is 3.02. The maximum Gasteiger partial charge on any atom is 0.225 e. The van der Waals surface area contributed by atoms with Crippen LogP contribution in [0.3, 0.4) is 0 Å². The van der Waals surface area contributed by atoms with Crippen LogP contribution in [0.25, 0.3) is 0 Å². The van der Waals surface area contributed by atoms with E-state index in [1.54, 1.807) is 0 Å². The van der Waals surface area contributed by atoms with E-state index in [-0.39, 0.29) is 0 Å². The Bertz CT molecular complexity index is 173. The first-order valence-corrected chi connectivity index (χ1v) is 5.36. The molecular weight excluding hydrogens is 162 g/mol. The molecule has 13 heavy (non-hydrogen) atoms. The highest BCUT2D eigenvalue weighted by atomic mass is 16.2. The highest BCUT2D eigenvalue weighted by molar-refractivity contribution is 5.79. The van der Waals surface area contributed by atoms with Crippen molar-refractivity contribution in [1.29, 1.82) is 0 Å². The van der Waals surface area contributed by atoms with Gasteiger partial charge < -0.3 is 4.90 Å². The van der Waals surface area contributed by atoms with Gasteiger partial charge in [0.05, 0.1) is 0 Å². The average Bonchev–Trinajstić information content (AvgIpc) is 1.96. The molecule has 1 saturated carbocycles. The molecule has 0 heterocycles. The average molecular weight is 183 g/mol. The molecule has 2 nitrogen and oxygen atoms in total. The van der Waals surface area contributed by atoms with E-state index >= 15 is 0 Å². The topological polar surface area (TPSA) is 20.3 Å². The molecule has 0 spiro atoms. The Morgan fingerprint density at radius 1 is 1.46 bits per heavy atom. The van der Waals surface area contributed by atoms with Gasteiger partial charge in [0.1, 0.15) is 0 Å². The monoisotopic (exact) mass is 183 g/mol. The van der Waals surface area contributed by atoms with Crippen LogP contribution in [-0.2, 0) is 4.79 Å². The third-order valence-corrected chi connectivity index (χ3v) is 2.87. The van der Waals surface area contributed by atoms with E-state index in [4.69, 9.17) is 0 Å². The lowest BCUT2D eigenvalue weighted by Crippen LogP contribution is -2.37. The highest BCUT2D eigenvalue weighted by Gasteiger charge is 2.27. The first-order chi connectivity index (χ1) is 6.11. The standard InChI is InChI=1S/C11H21NO/c1-9(2)7-8-12(3)11(13)10-5-4-6-10/h9-10H,4-8H2,1-3H3. The van der Waals surface area contributed by atoms with E-state index in [2.05, 4.69) is 13.8 Å².